The highest BCUT2D eigenvalue weighted by Crippen LogP contribution is 2.75. The Morgan fingerprint density at radius 2 is 1.21 bits per heavy atom. The largest absolute Gasteiger partial charge is 0.0727 e. The molecule has 0 saturated heterocycles. The summed E-state index contributed by atoms with van der Waals surface area (Å²) in [5.74, 6) is 0. The zero-order valence-electron chi connectivity index (χ0n) is 10.6. The van der Waals surface area contributed by atoms with E-state index < -0.39 is 0 Å². The molecule has 90 valence electrons. The van der Waals surface area contributed by atoms with Crippen molar-refractivity contribution in [1.29, 1.82) is 0 Å². The van der Waals surface area contributed by atoms with Gasteiger partial charge in [-0.3, -0.25) is 0 Å². The first-order valence-corrected chi connectivity index (χ1v) is 6.94. The lowest BCUT2D eigenvalue weighted by Crippen LogP contribution is -2.38. The van der Waals surface area contributed by atoms with Crippen molar-refractivity contribution < 1.29 is 0 Å². The molecule has 0 heterocycles. The fourth-order valence-corrected chi connectivity index (χ4v) is 4.32. The van der Waals surface area contributed by atoms with Crippen molar-refractivity contribution in [1.82, 2.24) is 0 Å². The molecule has 0 bridgehead atoms. The molecule has 1 fully saturated rings. The number of allylic oxidation sites excluding steroid dienone is 8. The molecule has 2 unspecified atom stereocenters. The normalized spacial score (nSPS) is 35.6. The molecule has 0 N–H and O–H groups in total. The summed E-state index contributed by atoms with van der Waals surface area (Å²) in [4.78, 5) is 0. The van der Waals surface area contributed by atoms with Crippen LogP contribution in [0.2, 0.25) is 0 Å². The van der Waals surface area contributed by atoms with Crippen molar-refractivity contribution in [3.8, 4) is 0 Å². The maximum atomic E-state index is 2.42. The second-order valence-electron chi connectivity index (χ2n) is 5.93. The molecule has 0 radical (unpaired) electrons. The molecule has 4 aliphatic rings. The molecule has 2 spiro atoms. The van der Waals surface area contributed by atoms with Crippen molar-refractivity contribution in [3.63, 3.8) is 0 Å². The lowest BCUT2D eigenvalue weighted by Gasteiger charge is -2.30. The summed E-state index contributed by atoms with van der Waals surface area (Å²) in [5, 5.41) is 2.84. The maximum Gasteiger partial charge on any atom is 0.0285 e. The van der Waals surface area contributed by atoms with E-state index in [-0.39, 0.29) is 10.8 Å². The third-order valence-electron chi connectivity index (χ3n) is 5.21. The van der Waals surface area contributed by atoms with Gasteiger partial charge in [0.05, 0.1) is 0 Å². The zero-order valence-corrected chi connectivity index (χ0v) is 10.6. The highest BCUT2D eigenvalue weighted by Gasteiger charge is 2.68. The molecule has 0 heteroatoms. The average Bonchev–Trinajstić information content (AvgIpc) is 3.10. The molecule has 1 aromatic rings. The van der Waals surface area contributed by atoms with Crippen LogP contribution < -0.4 is 10.4 Å². The highest BCUT2D eigenvalue weighted by atomic mass is 14.7. The van der Waals surface area contributed by atoms with E-state index >= 15 is 0 Å². The molecule has 19 heavy (non-hydrogen) atoms. The van der Waals surface area contributed by atoms with Crippen molar-refractivity contribution in [2.24, 2.45) is 10.8 Å². The van der Waals surface area contributed by atoms with Crippen LogP contribution in [0.25, 0.3) is 11.1 Å². The van der Waals surface area contributed by atoms with Crippen LogP contribution in [-0.4, -0.2) is 0 Å². The number of benzene rings is 1. The van der Waals surface area contributed by atoms with Gasteiger partial charge in [-0.05, 0) is 28.0 Å². The van der Waals surface area contributed by atoms with Crippen molar-refractivity contribution in [2.75, 3.05) is 0 Å². The Balaban J connectivity index is 2.06. The zero-order chi connectivity index (χ0) is 12.5. The van der Waals surface area contributed by atoms with Gasteiger partial charge >= 0.3 is 0 Å². The Hall–Kier alpha value is -2.08. The number of hydrogen-bond acceptors (Lipinski definition) is 0. The topological polar surface area (TPSA) is 0 Å². The summed E-state index contributed by atoms with van der Waals surface area (Å²) in [6, 6.07) is 8.86. The van der Waals surface area contributed by atoms with Gasteiger partial charge in [0.2, 0.25) is 0 Å². The fourth-order valence-electron chi connectivity index (χ4n) is 4.32. The van der Waals surface area contributed by atoms with E-state index in [0.29, 0.717) is 0 Å². The average molecular weight is 242 g/mol. The van der Waals surface area contributed by atoms with Crippen LogP contribution in [0.15, 0.2) is 72.9 Å². The summed E-state index contributed by atoms with van der Waals surface area (Å²) >= 11 is 0. The summed E-state index contributed by atoms with van der Waals surface area (Å²) in [6.07, 6.45) is 19.5. The molecule has 0 aromatic heterocycles. The Morgan fingerprint density at radius 3 is 1.74 bits per heavy atom. The summed E-state index contributed by atoms with van der Waals surface area (Å²) in [5.41, 5.74) is 3.47. The molecule has 5 rings (SSSR count). The monoisotopic (exact) mass is 242 g/mol. The van der Waals surface area contributed by atoms with E-state index in [0.717, 1.165) is 0 Å². The van der Waals surface area contributed by atoms with Gasteiger partial charge in [-0.15, -0.1) is 0 Å². The second kappa shape index (κ2) is 2.91. The first kappa shape index (κ1) is 9.80. The van der Waals surface area contributed by atoms with Crippen LogP contribution in [0, 0.1) is 10.8 Å². The van der Waals surface area contributed by atoms with Gasteiger partial charge in [0.25, 0.3) is 0 Å². The summed E-state index contributed by atoms with van der Waals surface area (Å²) in [6.45, 7) is 0. The van der Waals surface area contributed by atoms with Crippen LogP contribution in [0.4, 0.5) is 0 Å². The minimum Gasteiger partial charge on any atom is -0.0727 e. The first-order valence-electron chi connectivity index (χ1n) is 6.94. The summed E-state index contributed by atoms with van der Waals surface area (Å²) < 4.78 is 0. The predicted molar refractivity (Wildman–Crippen MR) is 78.6 cm³/mol. The first-order chi connectivity index (χ1) is 9.37. The molecule has 0 nitrogen and oxygen atoms in total. The molecular weight excluding hydrogens is 228 g/mol. The summed E-state index contributed by atoms with van der Waals surface area (Å²) in [7, 11) is 0. The van der Waals surface area contributed by atoms with E-state index in [4.69, 9.17) is 0 Å². The van der Waals surface area contributed by atoms with Gasteiger partial charge in [0.1, 0.15) is 0 Å². The molecule has 0 aliphatic heterocycles. The van der Waals surface area contributed by atoms with E-state index in [1.165, 1.54) is 28.0 Å². The van der Waals surface area contributed by atoms with Crippen LogP contribution in [-0.2, 0) is 0 Å². The minimum atomic E-state index is 0.229. The third kappa shape index (κ3) is 0.920. The van der Waals surface area contributed by atoms with Gasteiger partial charge in [-0.25, -0.2) is 0 Å². The fraction of sp³-hybridized carbons (Fsp3) is 0.158. The van der Waals surface area contributed by atoms with Crippen molar-refractivity contribution in [2.45, 2.75) is 6.42 Å². The smallest absolute Gasteiger partial charge is 0.0285 e. The Kier molecular flexibility index (Phi) is 1.50. The van der Waals surface area contributed by atoms with E-state index in [1.54, 1.807) is 0 Å². The number of fused-ring (bicyclic) bond motifs is 1. The van der Waals surface area contributed by atoms with Crippen molar-refractivity contribution in [3.05, 3.63) is 83.3 Å². The lowest BCUT2D eigenvalue weighted by atomic mass is 9.72. The molecule has 1 saturated carbocycles. The number of hydrogen-bond donors (Lipinski definition) is 0. The minimum absolute atomic E-state index is 0.229. The van der Waals surface area contributed by atoms with Crippen molar-refractivity contribution >= 4 is 11.1 Å². The maximum absolute atomic E-state index is 2.42. The quantitative estimate of drug-likeness (QED) is 0.656. The van der Waals surface area contributed by atoms with Gasteiger partial charge in [0, 0.05) is 10.8 Å². The van der Waals surface area contributed by atoms with Crippen LogP contribution in [0.1, 0.15) is 6.42 Å². The lowest BCUT2D eigenvalue weighted by molar-refractivity contribution is 0.694. The second-order valence-corrected chi connectivity index (χ2v) is 5.93. The Morgan fingerprint density at radius 1 is 0.684 bits per heavy atom. The van der Waals surface area contributed by atoms with Crippen LogP contribution in [0.5, 0.6) is 0 Å². The molecular formula is C19H14. The van der Waals surface area contributed by atoms with E-state index in [1.807, 2.05) is 0 Å². The van der Waals surface area contributed by atoms with Crippen LogP contribution in [0.3, 0.4) is 0 Å². The molecule has 0 amide bonds. The van der Waals surface area contributed by atoms with Gasteiger partial charge in [-0.1, -0.05) is 72.9 Å². The Labute approximate surface area is 112 Å². The number of rotatable bonds is 0. The van der Waals surface area contributed by atoms with Crippen LogP contribution >= 0.6 is 0 Å². The standard InChI is InChI=1S/C19H14/c1-2-8-15-14(7-1)16-9-3-5-11-18(16)13-19(18)12-6-4-10-17(15)19/h1-12H,13H2. The Bertz CT molecular complexity index is 773. The molecule has 1 aromatic carbocycles. The predicted octanol–water partition coefficient (Wildman–Crippen LogP) is 2.63. The van der Waals surface area contributed by atoms with Gasteiger partial charge in [0.15, 0.2) is 0 Å². The van der Waals surface area contributed by atoms with E-state index in [9.17, 15) is 0 Å². The molecule has 4 aliphatic carbocycles. The molecule has 2 atom stereocenters. The highest BCUT2D eigenvalue weighted by molar-refractivity contribution is 5.88. The van der Waals surface area contributed by atoms with Gasteiger partial charge < -0.3 is 0 Å². The third-order valence-corrected chi connectivity index (χ3v) is 5.21. The SMILES string of the molecule is C1=CC2=c3ccccc3=C3C=CC=CC34CC24C=C1. The van der Waals surface area contributed by atoms with E-state index in [2.05, 4.69) is 72.9 Å². The van der Waals surface area contributed by atoms with Gasteiger partial charge in [-0.2, -0.15) is 0 Å².